The number of ether oxygens (including phenoxy) is 3. The van der Waals surface area contributed by atoms with Crippen LogP contribution in [-0.4, -0.2) is 44.7 Å². The summed E-state index contributed by atoms with van der Waals surface area (Å²) in [5.41, 5.74) is 0.282. The molecule has 0 saturated carbocycles. The number of ketones is 1. The van der Waals surface area contributed by atoms with Gasteiger partial charge in [0, 0.05) is 5.56 Å². The second-order valence-corrected chi connectivity index (χ2v) is 3.77. The van der Waals surface area contributed by atoms with Gasteiger partial charge in [0.2, 0.25) is 0 Å². The number of benzene rings is 1. The van der Waals surface area contributed by atoms with Crippen molar-refractivity contribution in [1.29, 1.82) is 0 Å². The van der Waals surface area contributed by atoms with Crippen LogP contribution >= 0.6 is 0 Å². The Morgan fingerprint density at radius 3 is 2.35 bits per heavy atom. The van der Waals surface area contributed by atoms with E-state index in [2.05, 4.69) is 4.74 Å². The predicted molar refractivity (Wildman–Crippen MR) is 69.2 cm³/mol. The van der Waals surface area contributed by atoms with Gasteiger partial charge in [0.15, 0.2) is 0 Å². The van der Waals surface area contributed by atoms with E-state index in [4.69, 9.17) is 9.47 Å². The van der Waals surface area contributed by atoms with Crippen molar-refractivity contribution < 1.29 is 28.6 Å². The molecule has 0 aliphatic carbocycles. The molecule has 0 fully saturated rings. The van der Waals surface area contributed by atoms with Crippen LogP contribution in [0.3, 0.4) is 0 Å². The highest BCUT2D eigenvalue weighted by molar-refractivity contribution is 6.40. The van der Waals surface area contributed by atoms with Crippen LogP contribution in [0.4, 0.5) is 0 Å². The first-order valence-corrected chi connectivity index (χ1v) is 6.06. The predicted octanol–water partition coefficient (Wildman–Crippen LogP) is 0.992. The maximum absolute atomic E-state index is 11.6. The van der Waals surface area contributed by atoms with Crippen LogP contribution in [0.25, 0.3) is 0 Å². The van der Waals surface area contributed by atoms with Gasteiger partial charge in [-0.05, 0) is 0 Å². The molecule has 0 N–H and O–H groups in total. The Kier molecular flexibility index (Phi) is 6.99. The molecule has 0 unspecified atom stereocenters. The normalized spacial score (nSPS) is 9.85. The van der Waals surface area contributed by atoms with Crippen molar-refractivity contribution in [2.45, 2.75) is 6.42 Å². The topological polar surface area (TPSA) is 78.9 Å². The van der Waals surface area contributed by atoms with Crippen molar-refractivity contribution in [1.82, 2.24) is 0 Å². The molecule has 0 heterocycles. The van der Waals surface area contributed by atoms with Crippen molar-refractivity contribution in [3.63, 3.8) is 0 Å². The number of hydrogen-bond donors (Lipinski definition) is 0. The second-order valence-electron chi connectivity index (χ2n) is 3.77. The minimum Gasteiger partial charge on any atom is -0.469 e. The highest BCUT2D eigenvalue weighted by atomic mass is 16.6. The molecule has 0 radical (unpaired) electrons. The van der Waals surface area contributed by atoms with Gasteiger partial charge in [0.25, 0.3) is 5.78 Å². The lowest BCUT2D eigenvalue weighted by Gasteiger charge is -2.05. The number of carbonyl (C=O) groups excluding carboxylic acids is 3. The number of rotatable bonds is 8. The first-order valence-electron chi connectivity index (χ1n) is 6.06. The van der Waals surface area contributed by atoms with E-state index in [1.807, 2.05) is 0 Å². The fraction of sp³-hybridized carbons (Fsp3) is 0.357. The Morgan fingerprint density at radius 2 is 1.70 bits per heavy atom. The summed E-state index contributed by atoms with van der Waals surface area (Å²) in [5, 5.41) is 0. The third kappa shape index (κ3) is 5.62. The highest BCUT2D eigenvalue weighted by Crippen LogP contribution is 2.01. The van der Waals surface area contributed by atoms with E-state index in [9.17, 15) is 14.4 Å². The largest absolute Gasteiger partial charge is 0.469 e. The fourth-order valence-corrected chi connectivity index (χ4v) is 1.33. The third-order valence-corrected chi connectivity index (χ3v) is 2.36. The summed E-state index contributed by atoms with van der Waals surface area (Å²) in [6.07, 6.45) is 0.132. The summed E-state index contributed by atoms with van der Waals surface area (Å²) in [6.45, 7) is 0.250. The lowest BCUT2D eigenvalue weighted by atomic mass is 10.1. The molecular weight excluding hydrogens is 264 g/mol. The van der Waals surface area contributed by atoms with Crippen LogP contribution in [0.1, 0.15) is 16.8 Å². The molecule has 1 aromatic carbocycles. The molecule has 20 heavy (non-hydrogen) atoms. The van der Waals surface area contributed by atoms with Gasteiger partial charge in [-0.3, -0.25) is 9.59 Å². The van der Waals surface area contributed by atoms with E-state index in [1.165, 1.54) is 19.2 Å². The highest BCUT2D eigenvalue weighted by Gasteiger charge is 2.17. The smallest absolute Gasteiger partial charge is 0.379 e. The molecule has 0 aromatic heterocycles. The Labute approximate surface area is 116 Å². The van der Waals surface area contributed by atoms with Crippen LogP contribution in [0.15, 0.2) is 30.3 Å². The van der Waals surface area contributed by atoms with E-state index in [0.29, 0.717) is 0 Å². The molecule has 0 atom stereocenters. The number of esters is 2. The minimum absolute atomic E-state index is 0.0431. The van der Waals surface area contributed by atoms with E-state index >= 15 is 0 Å². The van der Waals surface area contributed by atoms with Crippen molar-refractivity contribution >= 4 is 17.7 Å². The zero-order valence-corrected chi connectivity index (χ0v) is 11.2. The molecule has 6 heteroatoms. The average molecular weight is 280 g/mol. The van der Waals surface area contributed by atoms with E-state index < -0.39 is 11.8 Å². The van der Waals surface area contributed by atoms with Gasteiger partial charge in [-0.25, -0.2) is 4.79 Å². The quantitative estimate of drug-likeness (QED) is 0.306. The van der Waals surface area contributed by atoms with E-state index in [-0.39, 0.29) is 37.8 Å². The maximum Gasteiger partial charge on any atom is 0.379 e. The molecular formula is C14H16O6. The third-order valence-electron chi connectivity index (χ3n) is 2.36. The van der Waals surface area contributed by atoms with Crippen LogP contribution in [0.2, 0.25) is 0 Å². The molecule has 0 spiro atoms. The molecule has 0 saturated heterocycles. The van der Waals surface area contributed by atoms with E-state index in [1.54, 1.807) is 18.2 Å². The molecule has 0 aliphatic rings. The summed E-state index contributed by atoms with van der Waals surface area (Å²) < 4.78 is 14.2. The lowest BCUT2D eigenvalue weighted by Crippen LogP contribution is -2.20. The fourth-order valence-electron chi connectivity index (χ4n) is 1.33. The summed E-state index contributed by atoms with van der Waals surface area (Å²) in [7, 11) is 1.29. The SMILES string of the molecule is COC(=O)CCOCCOC(=O)C(=O)c1ccccc1. The Balaban J connectivity index is 2.17. The minimum atomic E-state index is -0.923. The molecule has 6 nitrogen and oxygen atoms in total. The number of Topliss-reactive ketones (excluding diaryl/α,β-unsaturated/α-hetero) is 1. The summed E-state index contributed by atoms with van der Waals surface area (Å²) in [6, 6.07) is 8.15. The lowest BCUT2D eigenvalue weighted by molar-refractivity contribution is -0.143. The Hall–Kier alpha value is -2.21. The number of carbonyl (C=O) groups is 3. The van der Waals surface area contributed by atoms with Crippen LogP contribution in [0.5, 0.6) is 0 Å². The maximum atomic E-state index is 11.6. The molecule has 1 aromatic rings. The van der Waals surface area contributed by atoms with Crippen molar-refractivity contribution in [3.05, 3.63) is 35.9 Å². The second kappa shape index (κ2) is 8.82. The van der Waals surface area contributed by atoms with Crippen LogP contribution in [-0.2, 0) is 23.8 Å². The zero-order valence-electron chi connectivity index (χ0n) is 11.2. The molecule has 0 aliphatic heterocycles. The van der Waals surface area contributed by atoms with Gasteiger partial charge in [-0.15, -0.1) is 0 Å². The zero-order chi connectivity index (χ0) is 14.8. The van der Waals surface area contributed by atoms with Gasteiger partial charge in [-0.2, -0.15) is 0 Å². The average Bonchev–Trinajstić information content (AvgIpc) is 2.50. The monoisotopic (exact) mass is 280 g/mol. The molecule has 1 rings (SSSR count). The Morgan fingerprint density at radius 1 is 1.00 bits per heavy atom. The van der Waals surface area contributed by atoms with Crippen molar-refractivity contribution in [3.8, 4) is 0 Å². The van der Waals surface area contributed by atoms with Gasteiger partial charge >= 0.3 is 11.9 Å². The van der Waals surface area contributed by atoms with Crippen LogP contribution in [0, 0.1) is 0 Å². The van der Waals surface area contributed by atoms with E-state index in [0.717, 1.165) is 0 Å². The van der Waals surface area contributed by atoms with Gasteiger partial charge in [-0.1, -0.05) is 30.3 Å². The van der Waals surface area contributed by atoms with Gasteiger partial charge in [0.1, 0.15) is 6.61 Å². The summed E-state index contributed by atoms with van der Waals surface area (Å²) in [4.78, 5) is 33.8. The van der Waals surface area contributed by atoms with Crippen LogP contribution < -0.4 is 0 Å². The van der Waals surface area contributed by atoms with Crippen molar-refractivity contribution in [2.75, 3.05) is 26.9 Å². The Bertz CT molecular complexity index is 454. The molecule has 0 amide bonds. The standard InChI is InChI=1S/C14H16O6/c1-18-12(15)7-8-19-9-10-20-14(17)13(16)11-5-3-2-4-6-11/h2-6H,7-10H2,1H3. The summed E-state index contributed by atoms with van der Waals surface area (Å²) in [5.74, 6) is -1.99. The molecule has 0 bridgehead atoms. The number of hydrogen-bond acceptors (Lipinski definition) is 6. The van der Waals surface area contributed by atoms with Gasteiger partial charge in [0.05, 0.1) is 26.7 Å². The first kappa shape index (κ1) is 15.8. The summed E-state index contributed by atoms with van der Waals surface area (Å²) >= 11 is 0. The van der Waals surface area contributed by atoms with Gasteiger partial charge < -0.3 is 14.2 Å². The van der Waals surface area contributed by atoms with Crippen molar-refractivity contribution in [2.24, 2.45) is 0 Å². The molecule has 108 valence electrons. The first-order chi connectivity index (χ1) is 9.65. The number of methoxy groups -OCH3 is 1.